The van der Waals surface area contributed by atoms with E-state index in [4.69, 9.17) is 27.9 Å². The molecule has 0 aliphatic carbocycles. The SMILES string of the molecule is O=C(C[C@H](NC[C@H]1CCCO1)C(=O)O)Nc1cc(Cl)cc(Cl)c1. The van der Waals surface area contributed by atoms with Crippen LogP contribution in [0.4, 0.5) is 5.69 Å². The molecule has 6 nitrogen and oxygen atoms in total. The number of rotatable bonds is 7. The van der Waals surface area contributed by atoms with Gasteiger partial charge in [0.2, 0.25) is 5.91 Å². The highest BCUT2D eigenvalue weighted by molar-refractivity contribution is 6.35. The van der Waals surface area contributed by atoms with Crippen LogP contribution in [0.3, 0.4) is 0 Å². The smallest absolute Gasteiger partial charge is 0.321 e. The topological polar surface area (TPSA) is 87.7 Å². The number of halogens is 2. The second-order valence-corrected chi connectivity index (χ2v) is 6.22. The van der Waals surface area contributed by atoms with Crippen molar-refractivity contribution in [3.63, 3.8) is 0 Å². The van der Waals surface area contributed by atoms with E-state index in [9.17, 15) is 14.7 Å². The quantitative estimate of drug-likeness (QED) is 0.695. The first-order valence-electron chi connectivity index (χ1n) is 7.28. The molecule has 0 aromatic heterocycles. The van der Waals surface area contributed by atoms with Gasteiger partial charge in [0.25, 0.3) is 0 Å². The number of anilines is 1. The van der Waals surface area contributed by atoms with Gasteiger partial charge < -0.3 is 20.5 Å². The summed E-state index contributed by atoms with van der Waals surface area (Å²) in [7, 11) is 0. The Morgan fingerprint density at radius 3 is 2.57 bits per heavy atom. The number of amides is 1. The summed E-state index contributed by atoms with van der Waals surface area (Å²) in [5, 5.41) is 15.5. The monoisotopic (exact) mass is 360 g/mol. The van der Waals surface area contributed by atoms with E-state index in [-0.39, 0.29) is 12.5 Å². The van der Waals surface area contributed by atoms with Gasteiger partial charge in [0.05, 0.1) is 12.5 Å². The van der Waals surface area contributed by atoms with Crippen molar-refractivity contribution in [3.05, 3.63) is 28.2 Å². The molecule has 8 heteroatoms. The van der Waals surface area contributed by atoms with Gasteiger partial charge in [-0.1, -0.05) is 23.2 Å². The third-order valence-electron chi connectivity index (χ3n) is 3.45. The molecule has 1 heterocycles. The van der Waals surface area contributed by atoms with Gasteiger partial charge in [-0.15, -0.1) is 0 Å². The first-order valence-corrected chi connectivity index (χ1v) is 8.03. The summed E-state index contributed by atoms with van der Waals surface area (Å²) >= 11 is 11.7. The number of carboxylic acids is 1. The predicted octanol–water partition coefficient (Wildman–Crippen LogP) is 2.54. The Kier molecular flexibility index (Phi) is 6.65. The molecule has 1 aliphatic rings. The van der Waals surface area contributed by atoms with Crippen molar-refractivity contribution in [2.45, 2.75) is 31.4 Å². The normalized spacial score (nSPS) is 18.6. The summed E-state index contributed by atoms with van der Waals surface area (Å²) in [6, 6.07) is 3.65. The highest BCUT2D eigenvalue weighted by atomic mass is 35.5. The molecular formula is C15H18Cl2N2O4. The van der Waals surface area contributed by atoms with E-state index >= 15 is 0 Å². The maximum Gasteiger partial charge on any atom is 0.321 e. The average Bonchev–Trinajstić information content (AvgIpc) is 2.95. The van der Waals surface area contributed by atoms with Gasteiger partial charge in [-0.3, -0.25) is 9.59 Å². The summed E-state index contributed by atoms with van der Waals surface area (Å²) in [6.07, 6.45) is 1.67. The zero-order chi connectivity index (χ0) is 16.8. The van der Waals surface area contributed by atoms with Crippen molar-refractivity contribution in [1.82, 2.24) is 5.32 Å². The molecule has 1 fully saturated rings. The van der Waals surface area contributed by atoms with Crippen molar-refractivity contribution in [2.24, 2.45) is 0 Å². The van der Waals surface area contributed by atoms with Gasteiger partial charge in [-0.05, 0) is 31.0 Å². The van der Waals surface area contributed by atoms with Crippen LogP contribution < -0.4 is 10.6 Å². The number of hydrogen-bond donors (Lipinski definition) is 3. The molecule has 0 unspecified atom stereocenters. The third-order valence-corrected chi connectivity index (χ3v) is 3.89. The molecule has 1 aromatic carbocycles. The number of carboxylic acid groups (broad SMARTS) is 1. The van der Waals surface area contributed by atoms with Crippen LogP contribution in [0, 0.1) is 0 Å². The van der Waals surface area contributed by atoms with Gasteiger partial charge in [0, 0.05) is 28.9 Å². The summed E-state index contributed by atoms with van der Waals surface area (Å²) in [6.45, 7) is 1.10. The summed E-state index contributed by atoms with van der Waals surface area (Å²) in [5.41, 5.74) is 0.427. The molecule has 1 amide bonds. The van der Waals surface area contributed by atoms with Crippen LogP contribution in [-0.4, -0.2) is 42.3 Å². The second-order valence-electron chi connectivity index (χ2n) is 5.34. The first-order chi connectivity index (χ1) is 10.9. The van der Waals surface area contributed by atoms with Crippen molar-refractivity contribution >= 4 is 40.8 Å². The molecular weight excluding hydrogens is 343 g/mol. The number of nitrogens with one attached hydrogen (secondary N) is 2. The maximum atomic E-state index is 12.0. The van der Waals surface area contributed by atoms with E-state index in [2.05, 4.69) is 10.6 Å². The Hall–Kier alpha value is -1.34. The zero-order valence-corrected chi connectivity index (χ0v) is 13.9. The van der Waals surface area contributed by atoms with Crippen LogP contribution in [0.5, 0.6) is 0 Å². The fourth-order valence-electron chi connectivity index (χ4n) is 2.35. The Labute approximate surface area is 144 Å². The molecule has 3 N–H and O–H groups in total. The Morgan fingerprint density at radius 1 is 1.30 bits per heavy atom. The van der Waals surface area contributed by atoms with Crippen LogP contribution in [-0.2, 0) is 14.3 Å². The second kappa shape index (κ2) is 8.49. The minimum Gasteiger partial charge on any atom is -0.480 e. The molecule has 0 radical (unpaired) electrons. The van der Waals surface area contributed by atoms with Gasteiger partial charge in [0.15, 0.2) is 0 Å². The molecule has 23 heavy (non-hydrogen) atoms. The molecule has 2 rings (SSSR count). The van der Waals surface area contributed by atoms with Crippen LogP contribution in [0.2, 0.25) is 10.0 Å². The lowest BCUT2D eigenvalue weighted by Gasteiger charge is -2.17. The van der Waals surface area contributed by atoms with E-state index in [0.717, 1.165) is 12.8 Å². The minimum atomic E-state index is -1.08. The van der Waals surface area contributed by atoms with Crippen LogP contribution in [0.15, 0.2) is 18.2 Å². The van der Waals surface area contributed by atoms with Gasteiger partial charge in [-0.2, -0.15) is 0 Å². The minimum absolute atomic E-state index is 0.00616. The number of carbonyl (C=O) groups is 2. The highest BCUT2D eigenvalue weighted by Crippen LogP contribution is 2.22. The zero-order valence-electron chi connectivity index (χ0n) is 12.4. The van der Waals surface area contributed by atoms with Crippen molar-refractivity contribution in [2.75, 3.05) is 18.5 Å². The van der Waals surface area contributed by atoms with Crippen LogP contribution in [0.1, 0.15) is 19.3 Å². The summed E-state index contributed by atoms with van der Waals surface area (Å²) in [4.78, 5) is 23.3. The fourth-order valence-corrected chi connectivity index (χ4v) is 2.88. The molecule has 1 aliphatic heterocycles. The van der Waals surface area contributed by atoms with Crippen molar-refractivity contribution in [1.29, 1.82) is 0 Å². The number of aliphatic carboxylic acids is 1. The maximum absolute atomic E-state index is 12.0. The van der Waals surface area contributed by atoms with Gasteiger partial charge >= 0.3 is 5.97 Å². The van der Waals surface area contributed by atoms with Gasteiger partial charge in [-0.25, -0.2) is 0 Å². The first kappa shape index (κ1) is 18.0. The molecule has 126 valence electrons. The van der Waals surface area contributed by atoms with Gasteiger partial charge in [0.1, 0.15) is 6.04 Å². The highest BCUT2D eigenvalue weighted by Gasteiger charge is 2.23. The standard InChI is InChI=1S/C15H18Cl2N2O4/c16-9-4-10(17)6-11(5-9)19-14(20)7-13(15(21)22)18-8-12-2-1-3-23-12/h4-6,12-13,18H,1-3,7-8H2,(H,19,20)(H,21,22)/t12-,13+/m1/s1. The predicted molar refractivity (Wildman–Crippen MR) is 88.1 cm³/mol. The van der Waals surface area contributed by atoms with E-state index in [1.54, 1.807) is 18.2 Å². The number of hydrogen-bond acceptors (Lipinski definition) is 4. The Morgan fingerprint density at radius 2 is 2.00 bits per heavy atom. The molecule has 2 atom stereocenters. The molecule has 0 saturated carbocycles. The fraction of sp³-hybridized carbons (Fsp3) is 0.467. The molecule has 1 aromatic rings. The van der Waals surface area contributed by atoms with E-state index < -0.39 is 17.9 Å². The average molecular weight is 361 g/mol. The van der Waals surface area contributed by atoms with Crippen molar-refractivity contribution in [3.8, 4) is 0 Å². The third kappa shape index (κ3) is 5.99. The van der Waals surface area contributed by atoms with E-state index in [1.165, 1.54) is 0 Å². The Balaban J connectivity index is 1.87. The van der Waals surface area contributed by atoms with Crippen molar-refractivity contribution < 1.29 is 19.4 Å². The van der Waals surface area contributed by atoms with E-state index in [0.29, 0.717) is 28.9 Å². The lowest BCUT2D eigenvalue weighted by atomic mass is 10.1. The molecule has 0 bridgehead atoms. The van der Waals surface area contributed by atoms with Crippen LogP contribution in [0.25, 0.3) is 0 Å². The van der Waals surface area contributed by atoms with E-state index in [1.807, 2.05) is 0 Å². The summed E-state index contributed by atoms with van der Waals surface area (Å²) < 4.78 is 5.42. The Bertz CT molecular complexity index is 556. The largest absolute Gasteiger partial charge is 0.480 e. The molecule has 1 saturated heterocycles. The summed E-state index contributed by atoms with van der Waals surface area (Å²) in [5.74, 6) is -1.52. The lowest BCUT2D eigenvalue weighted by molar-refractivity contribution is -0.141. The molecule has 0 spiro atoms. The number of ether oxygens (including phenoxy) is 1. The number of carbonyl (C=O) groups excluding carboxylic acids is 1. The number of benzene rings is 1. The lowest BCUT2D eigenvalue weighted by Crippen LogP contribution is -2.43. The van der Waals surface area contributed by atoms with Crippen LogP contribution >= 0.6 is 23.2 Å².